The molecular weight excluding hydrogens is 476 g/mol. The molecule has 1 amide bonds. The number of thioether (sulfide) groups is 1. The van der Waals surface area contributed by atoms with Crippen LogP contribution in [-0.4, -0.2) is 29.5 Å². The van der Waals surface area contributed by atoms with Gasteiger partial charge in [0.25, 0.3) is 10.0 Å². The molecule has 1 aromatic heterocycles. The molecule has 1 unspecified atom stereocenters. The molecule has 0 aliphatic rings. The molecule has 0 aliphatic heterocycles. The summed E-state index contributed by atoms with van der Waals surface area (Å²) in [5.74, 6) is -0.194. The predicted octanol–water partition coefficient (Wildman–Crippen LogP) is 4.16. The molecule has 1 atom stereocenters. The van der Waals surface area contributed by atoms with Crippen molar-refractivity contribution in [2.45, 2.75) is 22.0 Å². The molecule has 0 spiro atoms. The molecule has 150 valence electrons. The number of carbonyl (C=O) groups is 1. The highest BCUT2D eigenvalue weighted by molar-refractivity contribution is 9.10. The van der Waals surface area contributed by atoms with Gasteiger partial charge in [0, 0.05) is 27.4 Å². The third kappa shape index (κ3) is 5.78. The maximum atomic E-state index is 12.5. The Morgan fingerprint density at radius 1 is 1.03 bits per heavy atom. The summed E-state index contributed by atoms with van der Waals surface area (Å²) in [4.78, 5) is 21.1. The summed E-state index contributed by atoms with van der Waals surface area (Å²) in [7, 11) is -3.82. The zero-order valence-electron chi connectivity index (χ0n) is 15.2. The molecule has 3 rings (SSSR count). The lowest BCUT2D eigenvalue weighted by Crippen LogP contribution is -2.22. The van der Waals surface area contributed by atoms with Crippen molar-refractivity contribution in [2.75, 3.05) is 10.0 Å². The molecule has 0 saturated heterocycles. The number of carbonyl (C=O) groups excluding carboxylic acids is 1. The predicted molar refractivity (Wildman–Crippen MR) is 117 cm³/mol. The van der Waals surface area contributed by atoms with Crippen LogP contribution in [0.25, 0.3) is 0 Å². The molecule has 3 aromatic rings. The number of rotatable bonds is 7. The van der Waals surface area contributed by atoms with Crippen LogP contribution >= 0.6 is 27.7 Å². The van der Waals surface area contributed by atoms with Crippen molar-refractivity contribution in [3.8, 4) is 0 Å². The van der Waals surface area contributed by atoms with Crippen molar-refractivity contribution >= 4 is 55.3 Å². The number of nitrogens with one attached hydrogen (secondary N) is 2. The number of sulfonamides is 1. The van der Waals surface area contributed by atoms with Crippen molar-refractivity contribution < 1.29 is 13.2 Å². The summed E-state index contributed by atoms with van der Waals surface area (Å²) in [6.45, 7) is 1.81. The van der Waals surface area contributed by atoms with Gasteiger partial charge in [-0.1, -0.05) is 12.1 Å². The van der Waals surface area contributed by atoms with Gasteiger partial charge in [-0.3, -0.25) is 4.79 Å². The second-order valence-electron chi connectivity index (χ2n) is 5.88. The Morgan fingerprint density at radius 2 is 1.69 bits per heavy atom. The molecule has 0 fully saturated rings. The molecule has 0 radical (unpaired) electrons. The van der Waals surface area contributed by atoms with E-state index >= 15 is 0 Å². The number of anilines is 2. The third-order valence-corrected chi connectivity index (χ3v) is 7.21. The molecule has 2 aromatic carbocycles. The first-order valence-electron chi connectivity index (χ1n) is 8.47. The molecule has 29 heavy (non-hydrogen) atoms. The van der Waals surface area contributed by atoms with E-state index in [2.05, 4.69) is 35.9 Å². The fourth-order valence-electron chi connectivity index (χ4n) is 2.28. The lowest BCUT2D eigenvalue weighted by Gasteiger charge is -2.13. The maximum absolute atomic E-state index is 12.5. The summed E-state index contributed by atoms with van der Waals surface area (Å²) in [6, 6.07) is 15.1. The molecule has 7 nitrogen and oxygen atoms in total. The van der Waals surface area contributed by atoms with E-state index in [0.29, 0.717) is 5.69 Å². The highest BCUT2D eigenvalue weighted by Crippen LogP contribution is 2.30. The van der Waals surface area contributed by atoms with Crippen molar-refractivity contribution in [1.29, 1.82) is 0 Å². The van der Waals surface area contributed by atoms with Crippen molar-refractivity contribution in [3.63, 3.8) is 0 Å². The van der Waals surface area contributed by atoms with Gasteiger partial charge in [0.15, 0.2) is 0 Å². The van der Waals surface area contributed by atoms with Gasteiger partial charge in [0.1, 0.15) is 0 Å². The lowest BCUT2D eigenvalue weighted by molar-refractivity contribution is -0.115. The minimum absolute atomic E-state index is 0.0113. The molecule has 0 saturated carbocycles. The smallest absolute Gasteiger partial charge is 0.264 e. The van der Waals surface area contributed by atoms with E-state index in [4.69, 9.17) is 0 Å². The largest absolute Gasteiger partial charge is 0.325 e. The number of aromatic nitrogens is 2. The molecule has 2 N–H and O–H groups in total. The first-order valence-corrected chi connectivity index (χ1v) is 11.6. The Balaban J connectivity index is 1.64. The van der Waals surface area contributed by atoms with Crippen LogP contribution in [0.3, 0.4) is 0 Å². The van der Waals surface area contributed by atoms with Crippen molar-refractivity contribution in [2.24, 2.45) is 0 Å². The Kier molecular flexibility index (Phi) is 6.88. The van der Waals surface area contributed by atoms with E-state index in [1.54, 1.807) is 6.07 Å². The van der Waals surface area contributed by atoms with Crippen LogP contribution in [0.4, 0.5) is 11.6 Å². The maximum Gasteiger partial charge on any atom is 0.264 e. The molecule has 0 bridgehead atoms. The Labute approximate surface area is 181 Å². The molecule has 1 heterocycles. The van der Waals surface area contributed by atoms with E-state index in [9.17, 15) is 13.2 Å². The van der Waals surface area contributed by atoms with Gasteiger partial charge in [-0.2, -0.15) is 0 Å². The summed E-state index contributed by atoms with van der Waals surface area (Å²) in [5.41, 5.74) is 0.504. The van der Waals surface area contributed by atoms with Crippen LogP contribution < -0.4 is 10.0 Å². The van der Waals surface area contributed by atoms with E-state index in [1.807, 2.05) is 31.2 Å². The zero-order valence-corrected chi connectivity index (χ0v) is 18.5. The Hall–Kier alpha value is -2.43. The van der Waals surface area contributed by atoms with Crippen LogP contribution in [-0.2, 0) is 14.8 Å². The van der Waals surface area contributed by atoms with Gasteiger partial charge in [-0.05, 0) is 65.3 Å². The number of hydrogen-bond acceptors (Lipinski definition) is 6. The van der Waals surface area contributed by atoms with Crippen molar-refractivity contribution in [1.82, 2.24) is 9.97 Å². The van der Waals surface area contributed by atoms with Crippen LogP contribution in [0.5, 0.6) is 0 Å². The third-order valence-electron chi connectivity index (χ3n) is 3.73. The minimum Gasteiger partial charge on any atom is -0.325 e. The summed E-state index contributed by atoms with van der Waals surface area (Å²) in [6.07, 6.45) is 2.88. The first-order chi connectivity index (χ1) is 13.8. The van der Waals surface area contributed by atoms with Crippen LogP contribution in [0.1, 0.15) is 6.92 Å². The van der Waals surface area contributed by atoms with Gasteiger partial charge < -0.3 is 5.32 Å². The average molecular weight is 493 g/mol. The number of nitrogens with zero attached hydrogens (tertiary/aromatic N) is 2. The number of hydrogen-bond donors (Lipinski definition) is 2. The number of amides is 1. The second-order valence-corrected chi connectivity index (χ2v) is 9.80. The van der Waals surface area contributed by atoms with Crippen LogP contribution in [0, 0.1) is 0 Å². The summed E-state index contributed by atoms with van der Waals surface area (Å²) in [5, 5.41) is 2.46. The highest BCUT2D eigenvalue weighted by atomic mass is 79.9. The number of benzene rings is 2. The van der Waals surface area contributed by atoms with E-state index in [0.717, 1.165) is 9.37 Å². The van der Waals surface area contributed by atoms with Crippen LogP contribution in [0.2, 0.25) is 0 Å². The van der Waals surface area contributed by atoms with E-state index < -0.39 is 10.0 Å². The molecule has 0 aliphatic carbocycles. The SMILES string of the molecule is CC(Sc1ccccc1Br)C(=O)Nc1ccc(S(=O)(=O)Nc2ncccn2)cc1. The fraction of sp³-hybridized carbons (Fsp3) is 0.105. The van der Waals surface area contributed by atoms with Crippen LogP contribution in [0.15, 0.2) is 81.3 Å². The normalized spacial score (nSPS) is 12.2. The van der Waals surface area contributed by atoms with Gasteiger partial charge >= 0.3 is 0 Å². The van der Waals surface area contributed by atoms with Gasteiger partial charge in [0.05, 0.1) is 10.1 Å². The van der Waals surface area contributed by atoms with E-state index in [-0.39, 0.29) is 22.0 Å². The molecule has 10 heteroatoms. The Bertz CT molecular complexity index is 1090. The quantitative estimate of drug-likeness (QED) is 0.480. The fourth-order valence-corrected chi connectivity index (χ4v) is 4.68. The molecular formula is C19H17BrN4O3S2. The summed E-state index contributed by atoms with van der Waals surface area (Å²) < 4.78 is 28.0. The monoisotopic (exact) mass is 492 g/mol. The number of halogens is 1. The summed E-state index contributed by atoms with van der Waals surface area (Å²) >= 11 is 4.89. The second kappa shape index (κ2) is 9.38. The van der Waals surface area contributed by atoms with Crippen molar-refractivity contribution in [3.05, 3.63) is 71.5 Å². The average Bonchev–Trinajstić information content (AvgIpc) is 2.70. The van der Waals surface area contributed by atoms with Gasteiger partial charge in [0.2, 0.25) is 11.9 Å². The van der Waals surface area contributed by atoms with E-state index in [1.165, 1.54) is 48.4 Å². The standard InChI is InChI=1S/C19H17BrN4O3S2/c1-13(28-17-6-3-2-5-16(17)20)18(25)23-14-7-9-15(10-8-14)29(26,27)24-19-21-11-4-12-22-19/h2-13H,1H3,(H,23,25)(H,21,22,24). The Morgan fingerprint density at radius 3 is 2.34 bits per heavy atom. The lowest BCUT2D eigenvalue weighted by atomic mass is 10.3. The zero-order chi connectivity index (χ0) is 20.9. The minimum atomic E-state index is -3.82. The van der Waals surface area contributed by atoms with Gasteiger partial charge in [-0.15, -0.1) is 11.8 Å². The van der Waals surface area contributed by atoms with Gasteiger partial charge in [-0.25, -0.2) is 23.1 Å². The first kappa shape index (κ1) is 21.3. The topological polar surface area (TPSA) is 101 Å². The highest BCUT2D eigenvalue weighted by Gasteiger charge is 2.18.